The fourth-order valence-electron chi connectivity index (χ4n) is 2.44. The van der Waals surface area contributed by atoms with Gasteiger partial charge in [0.05, 0.1) is 0 Å². The van der Waals surface area contributed by atoms with Crippen LogP contribution >= 0.6 is 11.6 Å². The van der Waals surface area contributed by atoms with Crippen LogP contribution in [0.1, 0.15) is 27.0 Å². The molecule has 0 aliphatic heterocycles. The molecule has 2 nitrogen and oxygen atoms in total. The van der Waals surface area contributed by atoms with Crippen molar-refractivity contribution in [2.24, 2.45) is 0 Å². The zero-order valence-corrected chi connectivity index (χ0v) is 10.9. The molecule has 1 aliphatic carbocycles. The van der Waals surface area contributed by atoms with Crippen molar-refractivity contribution in [2.45, 2.75) is 12.8 Å². The monoisotopic (exact) mass is 270 g/mol. The summed E-state index contributed by atoms with van der Waals surface area (Å²) in [5.74, 6) is 0.0594. The highest BCUT2D eigenvalue weighted by Gasteiger charge is 2.22. The van der Waals surface area contributed by atoms with Crippen LogP contribution in [0.5, 0.6) is 0 Å². The van der Waals surface area contributed by atoms with Gasteiger partial charge in [-0.15, -0.1) is 0 Å². The van der Waals surface area contributed by atoms with Crippen LogP contribution in [0.4, 0.5) is 0 Å². The lowest BCUT2D eigenvalue weighted by molar-refractivity contribution is -0.117. The first-order valence-electron chi connectivity index (χ1n) is 6.08. The third kappa shape index (κ3) is 2.20. The minimum atomic E-state index is -0.0550. The molecule has 3 rings (SSSR count). The second-order valence-corrected chi connectivity index (χ2v) is 5.12. The van der Waals surface area contributed by atoms with Crippen molar-refractivity contribution in [3.05, 3.63) is 69.7 Å². The molecule has 0 radical (unpaired) electrons. The molecule has 0 heterocycles. The van der Waals surface area contributed by atoms with E-state index in [4.69, 9.17) is 11.6 Å². The molecule has 0 bridgehead atoms. The lowest BCUT2D eigenvalue weighted by Crippen LogP contribution is -2.18. The summed E-state index contributed by atoms with van der Waals surface area (Å²) in [5, 5.41) is 0.512. The van der Waals surface area contributed by atoms with Crippen molar-refractivity contribution in [1.29, 1.82) is 0 Å². The van der Waals surface area contributed by atoms with Gasteiger partial charge in [0.15, 0.2) is 5.78 Å². The van der Waals surface area contributed by atoms with Crippen LogP contribution in [0.2, 0.25) is 5.02 Å². The number of hydrogen-bond acceptors (Lipinski definition) is 2. The van der Waals surface area contributed by atoms with Crippen molar-refractivity contribution in [1.82, 2.24) is 0 Å². The van der Waals surface area contributed by atoms with Gasteiger partial charge in [-0.05, 0) is 23.3 Å². The summed E-state index contributed by atoms with van der Waals surface area (Å²) in [6, 6.07) is 12.4. The maximum absolute atomic E-state index is 12.6. The van der Waals surface area contributed by atoms with Gasteiger partial charge in [0, 0.05) is 29.0 Å². The summed E-state index contributed by atoms with van der Waals surface area (Å²) in [6.45, 7) is 0. The van der Waals surface area contributed by atoms with Gasteiger partial charge in [0.1, 0.15) is 5.78 Å². The van der Waals surface area contributed by atoms with Crippen LogP contribution in [0.25, 0.3) is 0 Å². The second kappa shape index (κ2) is 4.63. The average Bonchev–Trinajstić information content (AvgIpc) is 2.39. The number of rotatable bonds is 0. The van der Waals surface area contributed by atoms with Crippen LogP contribution < -0.4 is 0 Å². The van der Waals surface area contributed by atoms with Crippen molar-refractivity contribution in [3.63, 3.8) is 0 Å². The van der Waals surface area contributed by atoms with Gasteiger partial charge in [0.25, 0.3) is 0 Å². The number of halogens is 1. The normalized spacial score (nSPS) is 14.4. The summed E-state index contributed by atoms with van der Waals surface area (Å²) in [4.78, 5) is 24.6. The first-order valence-corrected chi connectivity index (χ1v) is 6.45. The third-order valence-electron chi connectivity index (χ3n) is 3.35. The molecule has 0 N–H and O–H groups in total. The molecule has 0 saturated carbocycles. The Bertz CT molecular complexity index is 689. The molecule has 0 atom stereocenters. The predicted octanol–water partition coefficient (Wildman–Crippen LogP) is 3.24. The van der Waals surface area contributed by atoms with E-state index in [0.717, 1.165) is 11.1 Å². The molecule has 0 spiro atoms. The molecule has 0 amide bonds. The average molecular weight is 271 g/mol. The van der Waals surface area contributed by atoms with E-state index in [0.29, 0.717) is 22.6 Å². The van der Waals surface area contributed by atoms with Crippen molar-refractivity contribution in [3.8, 4) is 0 Å². The quantitative estimate of drug-likeness (QED) is 0.736. The van der Waals surface area contributed by atoms with E-state index in [1.807, 2.05) is 18.2 Å². The fraction of sp³-hybridized carbons (Fsp3) is 0.125. The maximum atomic E-state index is 12.6. The number of hydrogen-bond donors (Lipinski definition) is 0. The minimum Gasteiger partial charge on any atom is -0.299 e. The molecular formula is C16H11ClO2. The molecule has 0 aromatic heterocycles. The van der Waals surface area contributed by atoms with E-state index in [1.54, 1.807) is 24.3 Å². The van der Waals surface area contributed by atoms with Crippen molar-refractivity contribution < 1.29 is 9.59 Å². The van der Waals surface area contributed by atoms with Crippen LogP contribution in [-0.2, 0) is 17.6 Å². The molecule has 2 aromatic rings. The Morgan fingerprint density at radius 1 is 0.842 bits per heavy atom. The number of ketones is 2. The molecule has 94 valence electrons. The second-order valence-electron chi connectivity index (χ2n) is 4.68. The van der Waals surface area contributed by atoms with E-state index in [1.165, 1.54) is 0 Å². The molecule has 0 unspecified atom stereocenters. The molecular weight excluding hydrogens is 260 g/mol. The fourth-order valence-corrected chi connectivity index (χ4v) is 2.61. The predicted molar refractivity (Wildman–Crippen MR) is 73.7 cm³/mol. The maximum Gasteiger partial charge on any atom is 0.193 e. The summed E-state index contributed by atoms with van der Waals surface area (Å²) in [5.41, 5.74) is 2.68. The Labute approximate surface area is 116 Å². The summed E-state index contributed by atoms with van der Waals surface area (Å²) < 4.78 is 0. The highest BCUT2D eigenvalue weighted by molar-refractivity contribution is 6.31. The van der Waals surface area contributed by atoms with Gasteiger partial charge in [-0.1, -0.05) is 41.9 Å². The zero-order chi connectivity index (χ0) is 13.4. The first kappa shape index (κ1) is 12.1. The molecule has 19 heavy (non-hydrogen) atoms. The van der Waals surface area contributed by atoms with Crippen molar-refractivity contribution in [2.75, 3.05) is 0 Å². The highest BCUT2D eigenvalue weighted by atomic mass is 35.5. The third-order valence-corrected chi connectivity index (χ3v) is 3.59. The Kier molecular flexibility index (Phi) is 2.96. The number of carbonyl (C=O) groups is 2. The smallest absolute Gasteiger partial charge is 0.193 e. The van der Waals surface area contributed by atoms with E-state index in [-0.39, 0.29) is 18.0 Å². The Morgan fingerprint density at radius 3 is 2.32 bits per heavy atom. The summed E-state index contributed by atoms with van der Waals surface area (Å²) in [6.07, 6.45) is 0.594. The number of carbonyl (C=O) groups excluding carboxylic acids is 2. The minimum absolute atomic E-state index is 0.0550. The SMILES string of the molecule is O=C1Cc2ccccc2C(=O)c2cc(Cl)ccc2C1. The van der Waals surface area contributed by atoms with Gasteiger partial charge in [-0.2, -0.15) is 0 Å². The lowest BCUT2D eigenvalue weighted by atomic mass is 9.87. The lowest BCUT2D eigenvalue weighted by Gasteiger charge is -2.15. The Hall–Kier alpha value is -1.93. The van der Waals surface area contributed by atoms with E-state index >= 15 is 0 Å². The van der Waals surface area contributed by atoms with Crippen LogP contribution in [-0.4, -0.2) is 11.6 Å². The van der Waals surface area contributed by atoms with Gasteiger partial charge in [-0.25, -0.2) is 0 Å². The Balaban J connectivity index is 2.24. The highest BCUT2D eigenvalue weighted by Crippen LogP contribution is 2.25. The summed E-state index contributed by atoms with van der Waals surface area (Å²) >= 11 is 5.96. The topological polar surface area (TPSA) is 34.1 Å². The summed E-state index contributed by atoms with van der Waals surface area (Å²) in [7, 11) is 0. The molecule has 1 aliphatic rings. The number of Topliss-reactive ketones (excluding diaryl/α,β-unsaturated/α-hetero) is 1. The number of fused-ring (bicyclic) bond motifs is 2. The molecule has 0 fully saturated rings. The standard InChI is InChI=1S/C16H11ClO2/c17-12-6-5-11-8-13(18)7-10-3-1-2-4-14(10)16(19)15(11)9-12/h1-6,9H,7-8H2. The van der Waals surface area contributed by atoms with E-state index in [2.05, 4.69) is 0 Å². The van der Waals surface area contributed by atoms with Gasteiger partial charge >= 0.3 is 0 Å². The van der Waals surface area contributed by atoms with Crippen LogP contribution in [0.15, 0.2) is 42.5 Å². The first-order chi connectivity index (χ1) is 9.15. The van der Waals surface area contributed by atoms with E-state index in [9.17, 15) is 9.59 Å². The largest absolute Gasteiger partial charge is 0.299 e. The zero-order valence-electron chi connectivity index (χ0n) is 10.2. The number of benzene rings is 2. The molecule has 0 saturated heterocycles. The van der Waals surface area contributed by atoms with E-state index < -0.39 is 0 Å². The molecule has 2 aromatic carbocycles. The van der Waals surface area contributed by atoms with Gasteiger partial charge in [-0.3, -0.25) is 9.59 Å². The van der Waals surface area contributed by atoms with Gasteiger partial charge < -0.3 is 0 Å². The van der Waals surface area contributed by atoms with Crippen LogP contribution in [0.3, 0.4) is 0 Å². The Morgan fingerprint density at radius 2 is 1.53 bits per heavy atom. The van der Waals surface area contributed by atoms with Crippen molar-refractivity contribution >= 4 is 23.2 Å². The molecule has 3 heteroatoms. The van der Waals surface area contributed by atoms with Crippen LogP contribution in [0, 0.1) is 0 Å². The van der Waals surface area contributed by atoms with Gasteiger partial charge in [0.2, 0.25) is 0 Å².